The van der Waals surface area contributed by atoms with Crippen LogP contribution >= 0.6 is 23.4 Å². The number of thioether (sulfide) groups is 1. The summed E-state index contributed by atoms with van der Waals surface area (Å²) < 4.78 is 0. The Hall–Kier alpha value is -1.40. The summed E-state index contributed by atoms with van der Waals surface area (Å²) in [5.41, 5.74) is 7.40. The fraction of sp³-hybridized carbons (Fsp3) is 0.333. The van der Waals surface area contributed by atoms with Crippen molar-refractivity contribution >= 4 is 29.2 Å². The third-order valence-electron chi connectivity index (χ3n) is 2.43. The molecule has 0 unspecified atom stereocenters. The molecule has 2 heterocycles. The first-order valence-corrected chi connectivity index (χ1v) is 7.41. The number of anilines is 1. The molecule has 0 saturated heterocycles. The van der Waals surface area contributed by atoms with E-state index in [1.807, 2.05) is 23.9 Å². The standard InChI is InChI=1S/C12H14ClN5S/c13-11-3-1-9(15-17-11)5-7-19-8-6-10-2-4-12(14)18-16-10/h1-4H,5-8H2,(H2,14,18). The Balaban J connectivity index is 1.64. The van der Waals surface area contributed by atoms with E-state index in [-0.39, 0.29) is 0 Å². The summed E-state index contributed by atoms with van der Waals surface area (Å²) in [6.45, 7) is 0. The van der Waals surface area contributed by atoms with Gasteiger partial charge in [0.2, 0.25) is 0 Å². The molecule has 2 N–H and O–H groups in total. The Bertz CT molecular complexity index is 455. The smallest absolute Gasteiger partial charge is 0.151 e. The van der Waals surface area contributed by atoms with E-state index in [4.69, 9.17) is 17.3 Å². The summed E-state index contributed by atoms with van der Waals surface area (Å²) in [6, 6.07) is 7.35. The number of rotatable bonds is 6. The number of hydrogen-bond donors (Lipinski definition) is 1. The first-order chi connectivity index (χ1) is 9.24. The normalized spacial score (nSPS) is 10.6. The lowest BCUT2D eigenvalue weighted by Crippen LogP contribution is -2.00. The number of nitrogen functional groups attached to an aromatic ring is 1. The van der Waals surface area contributed by atoms with Crippen LogP contribution in [0.25, 0.3) is 0 Å². The number of nitrogens with zero attached hydrogens (tertiary/aromatic N) is 4. The number of nitrogens with two attached hydrogens (primary N) is 1. The minimum atomic E-state index is 0.429. The van der Waals surface area contributed by atoms with Crippen molar-refractivity contribution in [3.63, 3.8) is 0 Å². The van der Waals surface area contributed by atoms with Crippen LogP contribution in [0.4, 0.5) is 5.82 Å². The topological polar surface area (TPSA) is 77.6 Å². The van der Waals surface area contributed by atoms with Gasteiger partial charge in [0, 0.05) is 12.8 Å². The number of aryl methyl sites for hydroxylation is 2. The van der Waals surface area contributed by atoms with E-state index in [0.29, 0.717) is 11.0 Å². The zero-order chi connectivity index (χ0) is 13.5. The second-order valence-corrected chi connectivity index (χ2v) is 5.52. The lowest BCUT2D eigenvalue weighted by molar-refractivity contribution is 0.918. The fourth-order valence-corrected chi connectivity index (χ4v) is 2.45. The van der Waals surface area contributed by atoms with Crippen LogP contribution in [-0.2, 0) is 12.8 Å². The van der Waals surface area contributed by atoms with Gasteiger partial charge >= 0.3 is 0 Å². The molecule has 0 aliphatic carbocycles. The molecule has 0 aliphatic rings. The lowest BCUT2D eigenvalue weighted by atomic mass is 10.3. The van der Waals surface area contributed by atoms with Gasteiger partial charge in [-0.1, -0.05) is 11.6 Å². The Labute approximate surface area is 121 Å². The third kappa shape index (κ3) is 5.00. The molecular formula is C12H14ClN5S. The van der Waals surface area contributed by atoms with Crippen molar-refractivity contribution in [1.29, 1.82) is 0 Å². The summed E-state index contributed by atoms with van der Waals surface area (Å²) in [6.07, 6.45) is 1.78. The van der Waals surface area contributed by atoms with Gasteiger partial charge < -0.3 is 5.73 Å². The zero-order valence-electron chi connectivity index (χ0n) is 10.3. The molecule has 0 fully saturated rings. The Morgan fingerprint density at radius 3 is 2.05 bits per heavy atom. The largest absolute Gasteiger partial charge is 0.382 e. The average Bonchev–Trinajstić information content (AvgIpc) is 2.43. The van der Waals surface area contributed by atoms with Crippen molar-refractivity contribution in [3.8, 4) is 0 Å². The average molecular weight is 296 g/mol. The minimum absolute atomic E-state index is 0.429. The molecule has 19 heavy (non-hydrogen) atoms. The quantitative estimate of drug-likeness (QED) is 0.822. The summed E-state index contributed by atoms with van der Waals surface area (Å²) in [5.74, 6) is 2.45. The van der Waals surface area contributed by atoms with Gasteiger partial charge in [-0.15, -0.1) is 10.2 Å². The molecule has 7 heteroatoms. The summed E-state index contributed by atoms with van der Waals surface area (Å²) in [4.78, 5) is 0. The molecule has 100 valence electrons. The SMILES string of the molecule is Nc1ccc(CCSCCc2ccc(Cl)nn2)nn1. The highest BCUT2D eigenvalue weighted by Gasteiger charge is 1.99. The van der Waals surface area contributed by atoms with Gasteiger partial charge in [-0.05, 0) is 35.8 Å². The first kappa shape index (κ1) is 14.0. The molecule has 0 atom stereocenters. The molecule has 0 amide bonds. The number of hydrogen-bond acceptors (Lipinski definition) is 6. The van der Waals surface area contributed by atoms with Crippen LogP contribution in [0.1, 0.15) is 11.4 Å². The van der Waals surface area contributed by atoms with Crippen molar-refractivity contribution in [3.05, 3.63) is 40.8 Å². The van der Waals surface area contributed by atoms with Crippen LogP contribution in [-0.4, -0.2) is 31.9 Å². The molecule has 2 aromatic heterocycles. The van der Waals surface area contributed by atoms with Crippen LogP contribution in [0.15, 0.2) is 24.3 Å². The van der Waals surface area contributed by atoms with E-state index in [0.717, 1.165) is 35.7 Å². The van der Waals surface area contributed by atoms with Gasteiger partial charge in [0.15, 0.2) is 5.15 Å². The van der Waals surface area contributed by atoms with E-state index >= 15 is 0 Å². The van der Waals surface area contributed by atoms with Gasteiger partial charge in [0.05, 0.1) is 11.4 Å². The van der Waals surface area contributed by atoms with E-state index in [1.54, 1.807) is 12.1 Å². The highest BCUT2D eigenvalue weighted by molar-refractivity contribution is 7.99. The van der Waals surface area contributed by atoms with E-state index in [9.17, 15) is 0 Å². The maximum absolute atomic E-state index is 5.67. The maximum atomic E-state index is 5.67. The van der Waals surface area contributed by atoms with E-state index in [1.165, 1.54) is 0 Å². The number of aromatic nitrogens is 4. The number of halogens is 1. The third-order valence-corrected chi connectivity index (χ3v) is 3.62. The molecule has 0 bridgehead atoms. The monoisotopic (exact) mass is 295 g/mol. The van der Waals surface area contributed by atoms with Gasteiger partial charge in [0.1, 0.15) is 5.82 Å². The maximum Gasteiger partial charge on any atom is 0.151 e. The van der Waals surface area contributed by atoms with Crippen molar-refractivity contribution in [2.45, 2.75) is 12.8 Å². The molecule has 0 aliphatic heterocycles. The van der Waals surface area contributed by atoms with Crippen LogP contribution in [0.2, 0.25) is 5.15 Å². The Kier molecular flexibility index (Phi) is 5.35. The van der Waals surface area contributed by atoms with Crippen LogP contribution in [0, 0.1) is 0 Å². The van der Waals surface area contributed by atoms with E-state index < -0.39 is 0 Å². The molecule has 2 aromatic rings. The summed E-state index contributed by atoms with van der Waals surface area (Å²) in [7, 11) is 0. The predicted octanol–water partition coefficient (Wildman–Crippen LogP) is 2.02. The highest BCUT2D eigenvalue weighted by atomic mass is 35.5. The molecular weight excluding hydrogens is 282 g/mol. The van der Waals surface area contributed by atoms with Gasteiger partial charge in [-0.2, -0.15) is 22.0 Å². The Morgan fingerprint density at radius 1 is 0.895 bits per heavy atom. The van der Waals surface area contributed by atoms with Gasteiger partial charge in [0.25, 0.3) is 0 Å². The Morgan fingerprint density at radius 2 is 1.53 bits per heavy atom. The van der Waals surface area contributed by atoms with Crippen LogP contribution in [0.5, 0.6) is 0 Å². The molecule has 0 aromatic carbocycles. The molecule has 0 radical (unpaired) electrons. The van der Waals surface area contributed by atoms with Crippen LogP contribution in [0.3, 0.4) is 0 Å². The molecule has 0 spiro atoms. The van der Waals surface area contributed by atoms with Gasteiger partial charge in [-0.3, -0.25) is 0 Å². The summed E-state index contributed by atoms with van der Waals surface area (Å²) in [5, 5.41) is 16.1. The lowest BCUT2D eigenvalue weighted by Gasteiger charge is -2.01. The molecule has 0 saturated carbocycles. The first-order valence-electron chi connectivity index (χ1n) is 5.88. The van der Waals surface area contributed by atoms with Gasteiger partial charge in [-0.25, -0.2) is 0 Å². The minimum Gasteiger partial charge on any atom is -0.382 e. The van der Waals surface area contributed by atoms with Crippen molar-refractivity contribution in [2.24, 2.45) is 0 Å². The zero-order valence-corrected chi connectivity index (χ0v) is 11.9. The second kappa shape index (κ2) is 7.25. The molecule has 2 rings (SSSR count). The van der Waals surface area contributed by atoms with Crippen molar-refractivity contribution in [2.75, 3.05) is 17.2 Å². The highest BCUT2D eigenvalue weighted by Crippen LogP contribution is 2.09. The van der Waals surface area contributed by atoms with Crippen LogP contribution < -0.4 is 5.73 Å². The van der Waals surface area contributed by atoms with Crippen molar-refractivity contribution < 1.29 is 0 Å². The second-order valence-electron chi connectivity index (χ2n) is 3.91. The van der Waals surface area contributed by atoms with E-state index in [2.05, 4.69) is 20.4 Å². The fourth-order valence-electron chi connectivity index (χ4n) is 1.44. The predicted molar refractivity (Wildman–Crippen MR) is 78.2 cm³/mol. The van der Waals surface area contributed by atoms with Crippen molar-refractivity contribution in [1.82, 2.24) is 20.4 Å². The summed E-state index contributed by atoms with van der Waals surface area (Å²) >= 11 is 7.53. The molecule has 5 nitrogen and oxygen atoms in total.